The molecule has 0 bridgehead atoms. The topological polar surface area (TPSA) is 49.8 Å². The van der Waals surface area contributed by atoms with Crippen molar-refractivity contribution in [2.75, 3.05) is 32.0 Å². The molecule has 0 radical (unpaired) electrons. The molecule has 1 aliphatic heterocycles. The number of rotatable bonds is 5. The SMILES string of the molecule is CCOC(=O)CC(O)CN1CCSC(C)(C)C1. The number of thioether (sulfide) groups is 1. The quantitative estimate of drug-likeness (QED) is 0.752. The van der Waals surface area contributed by atoms with Crippen LogP contribution in [-0.2, 0) is 9.53 Å². The Kier molecular flexibility index (Phi) is 5.76. The van der Waals surface area contributed by atoms with Gasteiger partial charge in [0.1, 0.15) is 0 Å². The third-order valence-corrected chi connectivity index (χ3v) is 3.98. The van der Waals surface area contributed by atoms with Crippen LogP contribution in [0.1, 0.15) is 27.2 Å². The Morgan fingerprint density at radius 1 is 1.59 bits per heavy atom. The number of aliphatic hydroxyl groups is 1. The van der Waals surface area contributed by atoms with Gasteiger partial charge in [0, 0.05) is 30.1 Å². The van der Waals surface area contributed by atoms with Crippen LogP contribution < -0.4 is 0 Å². The molecular weight excluding hydrogens is 238 g/mol. The highest BCUT2D eigenvalue weighted by Gasteiger charge is 2.28. The molecule has 0 saturated carbocycles. The first-order valence-corrected chi connectivity index (χ1v) is 7.11. The minimum atomic E-state index is -0.618. The highest BCUT2D eigenvalue weighted by atomic mass is 32.2. The van der Waals surface area contributed by atoms with Crippen molar-refractivity contribution in [3.05, 3.63) is 0 Å². The Labute approximate surface area is 108 Å². The summed E-state index contributed by atoms with van der Waals surface area (Å²) < 4.78 is 5.06. The molecule has 100 valence electrons. The average Bonchev–Trinajstić information content (AvgIpc) is 2.15. The number of ether oxygens (including phenoxy) is 1. The first-order chi connectivity index (χ1) is 7.93. The standard InChI is InChI=1S/C12H23NO3S/c1-4-16-11(15)7-10(14)8-13-5-6-17-12(2,3)9-13/h10,14H,4-9H2,1-3H3. The molecule has 5 heteroatoms. The Balaban J connectivity index is 2.30. The zero-order valence-electron chi connectivity index (χ0n) is 10.9. The molecule has 0 aliphatic carbocycles. The number of β-amino-alcohol motifs (C(OH)–C–C–N with tert-alkyl or cyclic N) is 1. The van der Waals surface area contributed by atoms with Gasteiger partial charge < -0.3 is 9.84 Å². The van der Waals surface area contributed by atoms with Gasteiger partial charge >= 0.3 is 5.97 Å². The van der Waals surface area contributed by atoms with Crippen LogP contribution in [0, 0.1) is 0 Å². The van der Waals surface area contributed by atoms with E-state index in [0.717, 1.165) is 18.8 Å². The molecule has 0 aromatic rings. The van der Waals surface area contributed by atoms with E-state index in [2.05, 4.69) is 18.7 Å². The Morgan fingerprint density at radius 3 is 2.88 bits per heavy atom. The van der Waals surface area contributed by atoms with E-state index < -0.39 is 6.10 Å². The van der Waals surface area contributed by atoms with E-state index in [1.807, 2.05) is 11.8 Å². The van der Waals surface area contributed by atoms with E-state index in [-0.39, 0.29) is 17.1 Å². The molecule has 0 aromatic carbocycles. The van der Waals surface area contributed by atoms with Gasteiger partial charge in [-0.25, -0.2) is 0 Å². The first kappa shape index (κ1) is 14.8. The number of nitrogens with zero attached hydrogens (tertiary/aromatic N) is 1. The van der Waals surface area contributed by atoms with Crippen LogP contribution in [0.3, 0.4) is 0 Å². The lowest BCUT2D eigenvalue weighted by atomic mass is 10.1. The van der Waals surface area contributed by atoms with Crippen molar-refractivity contribution in [3.8, 4) is 0 Å². The smallest absolute Gasteiger partial charge is 0.308 e. The van der Waals surface area contributed by atoms with Gasteiger partial charge in [-0.2, -0.15) is 11.8 Å². The van der Waals surface area contributed by atoms with Crippen LogP contribution in [0.2, 0.25) is 0 Å². The molecule has 1 aliphatic rings. The second-order valence-corrected chi connectivity index (χ2v) is 6.81. The van der Waals surface area contributed by atoms with E-state index in [1.54, 1.807) is 6.92 Å². The van der Waals surface area contributed by atoms with Crippen molar-refractivity contribution in [1.29, 1.82) is 0 Å². The van der Waals surface area contributed by atoms with E-state index in [0.29, 0.717) is 13.2 Å². The molecule has 0 amide bonds. The molecular formula is C12H23NO3S. The number of carbonyl (C=O) groups excluding carboxylic acids is 1. The third kappa shape index (κ3) is 5.75. The first-order valence-electron chi connectivity index (χ1n) is 6.13. The molecule has 17 heavy (non-hydrogen) atoms. The summed E-state index contributed by atoms with van der Waals surface area (Å²) >= 11 is 1.96. The van der Waals surface area contributed by atoms with Crippen molar-refractivity contribution in [3.63, 3.8) is 0 Å². The van der Waals surface area contributed by atoms with E-state index in [1.165, 1.54) is 0 Å². The highest BCUT2D eigenvalue weighted by molar-refractivity contribution is 8.00. The van der Waals surface area contributed by atoms with Crippen LogP contribution in [0.15, 0.2) is 0 Å². The molecule has 1 atom stereocenters. The zero-order chi connectivity index (χ0) is 12.9. The number of esters is 1. The predicted octanol–water partition coefficient (Wildman–Crippen LogP) is 1.13. The average molecular weight is 261 g/mol. The lowest BCUT2D eigenvalue weighted by molar-refractivity contribution is -0.145. The van der Waals surface area contributed by atoms with Crippen LogP contribution in [0.5, 0.6) is 0 Å². The number of hydrogen-bond acceptors (Lipinski definition) is 5. The van der Waals surface area contributed by atoms with E-state index in [9.17, 15) is 9.90 Å². The van der Waals surface area contributed by atoms with E-state index >= 15 is 0 Å². The molecule has 0 spiro atoms. The molecule has 1 saturated heterocycles. The number of aliphatic hydroxyl groups excluding tert-OH is 1. The minimum absolute atomic E-state index is 0.0952. The van der Waals surface area contributed by atoms with Gasteiger partial charge in [0.05, 0.1) is 19.1 Å². The van der Waals surface area contributed by atoms with E-state index in [4.69, 9.17) is 4.74 Å². The van der Waals surface area contributed by atoms with Crippen molar-refractivity contribution in [1.82, 2.24) is 4.90 Å². The van der Waals surface area contributed by atoms with Gasteiger partial charge in [0.15, 0.2) is 0 Å². The fraction of sp³-hybridized carbons (Fsp3) is 0.917. The summed E-state index contributed by atoms with van der Waals surface area (Å²) in [5, 5.41) is 9.82. The van der Waals surface area contributed by atoms with Gasteiger partial charge in [-0.3, -0.25) is 9.69 Å². The summed E-state index contributed by atoms with van der Waals surface area (Å²) in [4.78, 5) is 13.4. The van der Waals surface area contributed by atoms with Gasteiger partial charge in [0.2, 0.25) is 0 Å². The lowest BCUT2D eigenvalue weighted by Crippen LogP contribution is -2.46. The number of carbonyl (C=O) groups is 1. The fourth-order valence-corrected chi connectivity index (χ4v) is 3.22. The summed E-state index contributed by atoms with van der Waals surface area (Å²) in [7, 11) is 0. The maximum Gasteiger partial charge on any atom is 0.308 e. The molecule has 1 unspecified atom stereocenters. The van der Waals surface area contributed by atoms with Gasteiger partial charge in [-0.1, -0.05) is 0 Å². The minimum Gasteiger partial charge on any atom is -0.466 e. The van der Waals surface area contributed by atoms with Crippen molar-refractivity contribution in [2.24, 2.45) is 0 Å². The van der Waals surface area contributed by atoms with Gasteiger partial charge in [0.25, 0.3) is 0 Å². The monoisotopic (exact) mass is 261 g/mol. The Morgan fingerprint density at radius 2 is 2.29 bits per heavy atom. The lowest BCUT2D eigenvalue weighted by Gasteiger charge is -2.38. The van der Waals surface area contributed by atoms with Gasteiger partial charge in [-0.15, -0.1) is 0 Å². The van der Waals surface area contributed by atoms with Crippen LogP contribution >= 0.6 is 11.8 Å². The van der Waals surface area contributed by atoms with Crippen LogP contribution in [0.4, 0.5) is 0 Å². The molecule has 1 heterocycles. The van der Waals surface area contributed by atoms with Crippen molar-refractivity contribution in [2.45, 2.75) is 38.0 Å². The molecule has 1 N–H and O–H groups in total. The maximum absolute atomic E-state index is 11.2. The summed E-state index contributed by atoms with van der Waals surface area (Å²) in [6, 6.07) is 0. The van der Waals surface area contributed by atoms with Crippen molar-refractivity contribution < 1.29 is 14.6 Å². The van der Waals surface area contributed by atoms with Crippen LogP contribution in [-0.4, -0.2) is 58.8 Å². The normalized spacial score (nSPS) is 22.1. The molecule has 4 nitrogen and oxygen atoms in total. The largest absolute Gasteiger partial charge is 0.466 e. The van der Waals surface area contributed by atoms with Gasteiger partial charge in [-0.05, 0) is 20.8 Å². The molecule has 1 fully saturated rings. The zero-order valence-corrected chi connectivity index (χ0v) is 11.8. The third-order valence-electron chi connectivity index (χ3n) is 2.68. The second-order valence-electron chi connectivity index (χ2n) is 5.01. The molecule has 1 rings (SSSR count). The Bertz CT molecular complexity index is 258. The Hall–Kier alpha value is -0.260. The fourth-order valence-electron chi connectivity index (χ4n) is 2.04. The van der Waals surface area contributed by atoms with Crippen LogP contribution in [0.25, 0.3) is 0 Å². The summed E-state index contributed by atoms with van der Waals surface area (Å²) in [6.07, 6.45) is -0.522. The summed E-state index contributed by atoms with van der Waals surface area (Å²) in [6.45, 7) is 9.06. The predicted molar refractivity (Wildman–Crippen MR) is 70.2 cm³/mol. The number of hydrogen-bond donors (Lipinski definition) is 1. The summed E-state index contributed by atoms with van der Waals surface area (Å²) in [5.74, 6) is 0.768. The second kappa shape index (κ2) is 6.61. The maximum atomic E-state index is 11.2. The summed E-state index contributed by atoms with van der Waals surface area (Å²) in [5.41, 5.74) is 0. The highest BCUT2D eigenvalue weighted by Crippen LogP contribution is 2.29. The molecule has 0 aromatic heterocycles. The van der Waals surface area contributed by atoms with Crippen molar-refractivity contribution >= 4 is 17.7 Å².